The standard InChI is InChI=1S/C19H24IN5O/c20-16-7-4-3-6-15(16)19(26)24-12-10-23(11-13-24)14-18-22-21-17-8-2-1-5-9-25(17)18/h3-4,6-7H,1-2,5,8-14H2. The Kier molecular flexibility index (Phi) is 5.54. The predicted molar refractivity (Wildman–Crippen MR) is 108 cm³/mol. The summed E-state index contributed by atoms with van der Waals surface area (Å²) in [5.41, 5.74) is 0.810. The zero-order valence-corrected chi connectivity index (χ0v) is 17.1. The smallest absolute Gasteiger partial charge is 0.255 e. The van der Waals surface area contributed by atoms with Crippen LogP contribution in [0.3, 0.4) is 0 Å². The maximum Gasteiger partial charge on any atom is 0.255 e. The number of aryl methyl sites for hydroxylation is 1. The SMILES string of the molecule is O=C(c1ccccc1I)N1CCN(Cc2nnc3n2CCCCC3)CC1. The topological polar surface area (TPSA) is 54.3 Å². The van der Waals surface area contributed by atoms with E-state index >= 15 is 0 Å². The van der Waals surface area contributed by atoms with Crippen LogP contribution in [0.1, 0.15) is 41.3 Å². The van der Waals surface area contributed by atoms with E-state index in [0.29, 0.717) is 0 Å². The van der Waals surface area contributed by atoms with Gasteiger partial charge in [0, 0.05) is 42.7 Å². The third-order valence-corrected chi connectivity index (χ3v) is 6.26. The van der Waals surface area contributed by atoms with Crippen molar-refractivity contribution in [2.75, 3.05) is 26.2 Å². The Morgan fingerprint density at radius 1 is 1.00 bits per heavy atom. The molecule has 0 radical (unpaired) electrons. The Morgan fingerprint density at radius 2 is 1.81 bits per heavy atom. The summed E-state index contributed by atoms with van der Waals surface area (Å²) in [4.78, 5) is 17.1. The van der Waals surface area contributed by atoms with Crippen LogP contribution in [0.4, 0.5) is 0 Å². The second kappa shape index (κ2) is 8.04. The number of rotatable bonds is 3. The summed E-state index contributed by atoms with van der Waals surface area (Å²) in [6.45, 7) is 5.19. The summed E-state index contributed by atoms with van der Waals surface area (Å²) in [6, 6.07) is 7.81. The molecule has 0 spiro atoms. The van der Waals surface area contributed by atoms with Crippen LogP contribution in [0.5, 0.6) is 0 Å². The largest absolute Gasteiger partial charge is 0.336 e. The van der Waals surface area contributed by atoms with E-state index in [4.69, 9.17) is 0 Å². The Balaban J connectivity index is 1.36. The van der Waals surface area contributed by atoms with E-state index in [1.165, 1.54) is 19.3 Å². The molecular weight excluding hydrogens is 441 g/mol. The van der Waals surface area contributed by atoms with Gasteiger partial charge in [0.2, 0.25) is 0 Å². The molecule has 7 heteroatoms. The minimum atomic E-state index is 0.144. The van der Waals surface area contributed by atoms with Crippen molar-refractivity contribution >= 4 is 28.5 Å². The van der Waals surface area contributed by atoms with Gasteiger partial charge in [-0.2, -0.15) is 0 Å². The number of aromatic nitrogens is 3. The van der Waals surface area contributed by atoms with Crippen molar-refractivity contribution < 1.29 is 4.79 Å². The third kappa shape index (κ3) is 3.78. The molecule has 4 rings (SSSR count). The number of piperazine rings is 1. The zero-order valence-electron chi connectivity index (χ0n) is 14.9. The van der Waals surface area contributed by atoms with E-state index in [2.05, 4.69) is 42.3 Å². The van der Waals surface area contributed by atoms with Gasteiger partial charge in [-0.3, -0.25) is 9.69 Å². The minimum absolute atomic E-state index is 0.144. The van der Waals surface area contributed by atoms with Crippen LogP contribution < -0.4 is 0 Å². The van der Waals surface area contributed by atoms with Crippen LogP contribution in [-0.4, -0.2) is 56.7 Å². The number of carbonyl (C=O) groups excluding carboxylic acids is 1. The molecular formula is C19H24IN5O. The maximum atomic E-state index is 12.8. The molecule has 1 fully saturated rings. The minimum Gasteiger partial charge on any atom is -0.336 e. The van der Waals surface area contributed by atoms with E-state index in [1.54, 1.807) is 0 Å². The van der Waals surface area contributed by atoms with Crippen molar-refractivity contribution in [2.45, 2.75) is 38.8 Å². The van der Waals surface area contributed by atoms with Crippen LogP contribution >= 0.6 is 22.6 Å². The normalized spacial score (nSPS) is 18.4. The lowest BCUT2D eigenvalue weighted by Gasteiger charge is -2.34. The third-order valence-electron chi connectivity index (χ3n) is 5.31. The summed E-state index contributed by atoms with van der Waals surface area (Å²) >= 11 is 2.24. The first-order valence-corrected chi connectivity index (χ1v) is 10.5. The van der Waals surface area contributed by atoms with Crippen molar-refractivity contribution in [3.05, 3.63) is 45.0 Å². The van der Waals surface area contributed by atoms with Gasteiger partial charge in [0.05, 0.1) is 12.1 Å². The van der Waals surface area contributed by atoms with Gasteiger partial charge < -0.3 is 9.47 Å². The van der Waals surface area contributed by atoms with Gasteiger partial charge in [0.25, 0.3) is 5.91 Å². The first kappa shape index (κ1) is 17.9. The molecule has 6 nitrogen and oxygen atoms in total. The fourth-order valence-electron chi connectivity index (χ4n) is 3.78. The highest BCUT2D eigenvalue weighted by Crippen LogP contribution is 2.18. The van der Waals surface area contributed by atoms with Crippen LogP contribution in [0.2, 0.25) is 0 Å². The zero-order chi connectivity index (χ0) is 17.9. The summed E-state index contributed by atoms with van der Waals surface area (Å²) in [7, 11) is 0. The van der Waals surface area contributed by atoms with E-state index in [9.17, 15) is 4.79 Å². The molecule has 1 amide bonds. The van der Waals surface area contributed by atoms with Crippen molar-refractivity contribution in [2.24, 2.45) is 0 Å². The fraction of sp³-hybridized carbons (Fsp3) is 0.526. The number of hydrogen-bond acceptors (Lipinski definition) is 4. The van der Waals surface area contributed by atoms with Crippen molar-refractivity contribution in [3.63, 3.8) is 0 Å². The number of halogens is 1. The summed E-state index contributed by atoms with van der Waals surface area (Å²) < 4.78 is 3.33. The Labute approximate surface area is 167 Å². The molecule has 0 aliphatic carbocycles. The van der Waals surface area contributed by atoms with Gasteiger partial charge >= 0.3 is 0 Å². The maximum absolute atomic E-state index is 12.8. The molecule has 2 aromatic rings. The van der Waals surface area contributed by atoms with Gasteiger partial charge in [-0.25, -0.2) is 0 Å². The Bertz CT molecular complexity index is 782. The Morgan fingerprint density at radius 3 is 2.62 bits per heavy atom. The highest BCUT2D eigenvalue weighted by Gasteiger charge is 2.25. The molecule has 1 saturated heterocycles. The fourth-order valence-corrected chi connectivity index (χ4v) is 4.39. The lowest BCUT2D eigenvalue weighted by molar-refractivity contribution is 0.0622. The lowest BCUT2D eigenvalue weighted by Crippen LogP contribution is -2.48. The van der Waals surface area contributed by atoms with Gasteiger partial charge in [0.15, 0.2) is 0 Å². The van der Waals surface area contributed by atoms with E-state index in [-0.39, 0.29) is 5.91 Å². The van der Waals surface area contributed by atoms with Crippen LogP contribution in [0, 0.1) is 3.57 Å². The molecule has 0 N–H and O–H groups in total. The Hall–Kier alpha value is -1.48. The molecule has 26 heavy (non-hydrogen) atoms. The first-order chi connectivity index (χ1) is 12.7. The van der Waals surface area contributed by atoms with Crippen LogP contribution in [0.15, 0.2) is 24.3 Å². The number of amides is 1. The van der Waals surface area contributed by atoms with E-state index in [0.717, 1.165) is 66.5 Å². The number of carbonyl (C=O) groups is 1. The van der Waals surface area contributed by atoms with Gasteiger partial charge in [-0.15, -0.1) is 10.2 Å². The van der Waals surface area contributed by atoms with E-state index in [1.807, 2.05) is 29.2 Å². The molecule has 0 bridgehead atoms. The number of benzene rings is 1. The predicted octanol–water partition coefficient (Wildman–Crippen LogP) is 2.57. The molecule has 138 valence electrons. The molecule has 2 aliphatic heterocycles. The molecule has 3 heterocycles. The van der Waals surface area contributed by atoms with Crippen LogP contribution in [-0.2, 0) is 19.5 Å². The van der Waals surface area contributed by atoms with Crippen LogP contribution in [0.25, 0.3) is 0 Å². The lowest BCUT2D eigenvalue weighted by atomic mass is 10.2. The van der Waals surface area contributed by atoms with Gasteiger partial charge in [-0.05, 0) is 47.6 Å². The second-order valence-corrected chi connectivity index (χ2v) is 8.21. The van der Waals surface area contributed by atoms with Gasteiger partial charge in [0.1, 0.15) is 11.6 Å². The molecule has 0 saturated carbocycles. The van der Waals surface area contributed by atoms with Gasteiger partial charge in [-0.1, -0.05) is 18.6 Å². The summed E-state index contributed by atoms with van der Waals surface area (Å²) in [6.07, 6.45) is 4.76. The van der Waals surface area contributed by atoms with Crippen molar-refractivity contribution in [1.29, 1.82) is 0 Å². The average molecular weight is 465 g/mol. The molecule has 2 aliphatic rings. The molecule has 0 unspecified atom stereocenters. The molecule has 1 aromatic carbocycles. The van der Waals surface area contributed by atoms with Crippen molar-refractivity contribution in [3.8, 4) is 0 Å². The number of fused-ring (bicyclic) bond motifs is 1. The number of hydrogen-bond donors (Lipinski definition) is 0. The van der Waals surface area contributed by atoms with E-state index < -0.39 is 0 Å². The number of nitrogens with zero attached hydrogens (tertiary/aromatic N) is 5. The highest BCUT2D eigenvalue weighted by molar-refractivity contribution is 14.1. The van der Waals surface area contributed by atoms with Crippen molar-refractivity contribution in [1.82, 2.24) is 24.6 Å². The monoisotopic (exact) mass is 465 g/mol. The second-order valence-electron chi connectivity index (χ2n) is 7.04. The highest BCUT2D eigenvalue weighted by atomic mass is 127. The molecule has 1 aromatic heterocycles. The summed E-state index contributed by atoms with van der Waals surface area (Å²) in [5, 5.41) is 8.83. The average Bonchev–Trinajstić information content (AvgIpc) is 2.89. The quantitative estimate of drug-likeness (QED) is 0.655. The first-order valence-electron chi connectivity index (χ1n) is 9.39. The molecule has 0 atom stereocenters. The summed E-state index contributed by atoms with van der Waals surface area (Å²) in [5.74, 6) is 2.37.